The third-order valence-corrected chi connectivity index (χ3v) is 18.9. The summed E-state index contributed by atoms with van der Waals surface area (Å²) >= 11 is 0. The van der Waals surface area contributed by atoms with Crippen LogP contribution in [-0.2, 0) is 32.5 Å². The van der Waals surface area contributed by atoms with Crippen molar-refractivity contribution in [2.24, 2.45) is 0 Å². The molecule has 0 amide bonds. The predicted octanol–water partition coefficient (Wildman–Crippen LogP) is 17.5. The fraction of sp³-hybridized carbons (Fsp3) is 0.441. The number of rotatable bonds is 4. The van der Waals surface area contributed by atoms with Gasteiger partial charge in [0.1, 0.15) is 5.58 Å². The Kier molecular flexibility index (Phi) is 10.6. The summed E-state index contributed by atoms with van der Waals surface area (Å²) in [5.41, 5.74) is 25.0. The summed E-state index contributed by atoms with van der Waals surface area (Å²) < 4.78 is 7.76. The topological polar surface area (TPSA) is 19.6 Å². The molecule has 0 N–H and O–H groups in total. The molecular weight excluding hydrogens is 872 g/mol. The summed E-state index contributed by atoms with van der Waals surface area (Å²) in [4.78, 5) is 5.40. The van der Waals surface area contributed by atoms with Crippen LogP contribution >= 0.6 is 0 Å². The number of furan rings is 1. The normalized spacial score (nSPS) is 19.6. The lowest BCUT2D eigenvalue weighted by Crippen LogP contribution is -2.61. The highest BCUT2D eigenvalue weighted by Gasteiger charge is 2.50. The van der Waals surface area contributed by atoms with Crippen LogP contribution in [0.25, 0.3) is 22.1 Å². The van der Waals surface area contributed by atoms with Crippen LogP contribution in [0.15, 0.2) is 114 Å². The Morgan fingerprint density at radius 3 is 1.65 bits per heavy atom. The first-order valence-electron chi connectivity index (χ1n) is 27.8. The highest BCUT2D eigenvalue weighted by atomic mass is 16.3. The highest BCUT2D eigenvalue weighted by molar-refractivity contribution is 7.00. The van der Waals surface area contributed by atoms with E-state index in [0.717, 1.165) is 36.9 Å². The minimum Gasteiger partial charge on any atom is -0.468 e. The first-order valence-corrected chi connectivity index (χ1v) is 27.8. The third kappa shape index (κ3) is 7.40. The second-order valence-electron chi connectivity index (χ2n) is 27.8. The molecule has 370 valence electrons. The third-order valence-electron chi connectivity index (χ3n) is 18.9. The van der Waals surface area contributed by atoms with Crippen LogP contribution in [0.3, 0.4) is 0 Å². The Morgan fingerprint density at radius 2 is 1.06 bits per heavy atom. The Morgan fingerprint density at radius 1 is 0.514 bits per heavy atom. The standard InChI is InChI=1S/C68H79BN2O/c1-63(2,3)45-25-28-47(29-26-45)70-57-35-44(42-21-17-15-18-22-42)36-58-60(57)69(62-61(70)49-38-50-53(41-59(49)72-62)68(13,14)34-31-65(50,7)8)54-39-51-52(67(11,12)33-32-66(51,9)10)40-56(54)71(58)55-30-27-46(64(4,5)6)37-48(55)43-23-19-16-20-24-43/h16,19-20,23-30,35-42H,15,17-18,21-22,31-34H2,1-14H3. The van der Waals surface area contributed by atoms with Crippen molar-refractivity contribution in [1.82, 2.24) is 0 Å². The molecule has 72 heavy (non-hydrogen) atoms. The molecule has 5 aliphatic rings. The smallest absolute Gasteiger partial charge is 0.297 e. The predicted molar refractivity (Wildman–Crippen MR) is 309 cm³/mol. The summed E-state index contributed by atoms with van der Waals surface area (Å²) in [6, 6.07) is 43.9. The van der Waals surface area contributed by atoms with E-state index in [2.05, 4.69) is 216 Å². The number of fused-ring (bicyclic) bond motifs is 8. The Bertz CT molecular complexity index is 3310. The molecule has 0 atom stereocenters. The Labute approximate surface area is 432 Å². The molecular formula is C68H79BN2O. The Hall–Kier alpha value is -5.48. The van der Waals surface area contributed by atoms with Gasteiger partial charge in [-0.25, -0.2) is 0 Å². The van der Waals surface area contributed by atoms with Gasteiger partial charge < -0.3 is 14.2 Å². The molecule has 6 aromatic carbocycles. The lowest BCUT2D eigenvalue weighted by Gasteiger charge is -2.47. The molecule has 1 fully saturated rings. The van der Waals surface area contributed by atoms with Crippen molar-refractivity contribution in [3.63, 3.8) is 0 Å². The van der Waals surface area contributed by atoms with Crippen molar-refractivity contribution in [1.29, 1.82) is 0 Å². The zero-order valence-corrected chi connectivity index (χ0v) is 46.2. The van der Waals surface area contributed by atoms with Gasteiger partial charge in [-0.05, 0) is 187 Å². The lowest BCUT2D eigenvalue weighted by molar-refractivity contribution is 0.332. The van der Waals surface area contributed by atoms with Gasteiger partial charge in [0.25, 0.3) is 6.71 Å². The average molecular weight is 951 g/mol. The molecule has 7 aromatic rings. The summed E-state index contributed by atoms with van der Waals surface area (Å²) in [6.45, 7) is 33.7. The van der Waals surface area contributed by atoms with Gasteiger partial charge in [0, 0.05) is 33.7 Å². The van der Waals surface area contributed by atoms with Crippen LogP contribution < -0.4 is 26.4 Å². The van der Waals surface area contributed by atoms with Crippen molar-refractivity contribution in [2.75, 3.05) is 9.80 Å². The zero-order valence-electron chi connectivity index (χ0n) is 46.2. The van der Waals surface area contributed by atoms with Gasteiger partial charge in [-0.1, -0.05) is 171 Å². The van der Waals surface area contributed by atoms with E-state index in [-0.39, 0.29) is 39.2 Å². The number of hydrogen-bond donors (Lipinski definition) is 0. The maximum Gasteiger partial charge on any atom is 0.297 e. The van der Waals surface area contributed by atoms with E-state index in [9.17, 15) is 0 Å². The number of nitrogens with zero attached hydrogens (tertiary/aromatic N) is 2. The molecule has 12 rings (SSSR count). The molecule has 1 aromatic heterocycles. The molecule has 0 bridgehead atoms. The van der Waals surface area contributed by atoms with E-state index in [1.165, 1.54) is 133 Å². The quantitative estimate of drug-likeness (QED) is 0.164. The van der Waals surface area contributed by atoms with Gasteiger partial charge >= 0.3 is 0 Å². The maximum atomic E-state index is 7.76. The van der Waals surface area contributed by atoms with Gasteiger partial charge in [0.15, 0.2) is 0 Å². The molecule has 1 saturated carbocycles. The number of anilines is 6. The first-order chi connectivity index (χ1) is 33.9. The van der Waals surface area contributed by atoms with Gasteiger partial charge in [-0.3, -0.25) is 0 Å². The largest absolute Gasteiger partial charge is 0.468 e. The lowest BCUT2D eigenvalue weighted by atomic mass is 9.35. The molecule has 0 spiro atoms. The van der Waals surface area contributed by atoms with Crippen molar-refractivity contribution >= 4 is 68.4 Å². The van der Waals surface area contributed by atoms with E-state index < -0.39 is 0 Å². The van der Waals surface area contributed by atoms with Crippen LogP contribution in [0.5, 0.6) is 0 Å². The summed E-state index contributed by atoms with van der Waals surface area (Å²) in [6.07, 6.45) is 11.0. The molecule has 2 aliphatic heterocycles. The summed E-state index contributed by atoms with van der Waals surface area (Å²) in [5, 5.41) is 1.23. The zero-order chi connectivity index (χ0) is 50.7. The molecule has 0 radical (unpaired) electrons. The minimum atomic E-state index is -0.118. The molecule has 0 unspecified atom stereocenters. The van der Waals surface area contributed by atoms with Gasteiger partial charge in [-0.15, -0.1) is 0 Å². The fourth-order valence-electron chi connectivity index (χ4n) is 14.0. The van der Waals surface area contributed by atoms with E-state index in [1.807, 2.05) is 0 Å². The Balaban J connectivity index is 1.25. The molecule has 4 heteroatoms. The van der Waals surface area contributed by atoms with E-state index in [0.29, 0.717) is 5.92 Å². The summed E-state index contributed by atoms with van der Waals surface area (Å²) in [7, 11) is 0. The minimum absolute atomic E-state index is 0.0185. The first kappa shape index (κ1) is 47.5. The second-order valence-corrected chi connectivity index (χ2v) is 27.8. The van der Waals surface area contributed by atoms with E-state index in [1.54, 1.807) is 0 Å². The molecule has 3 aliphatic carbocycles. The van der Waals surface area contributed by atoms with Crippen LogP contribution in [-0.4, -0.2) is 6.71 Å². The van der Waals surface area contributed by atoms with E-state index >= 15 is 0 Å². The SMILES string of the molecule is CC(C)(C)c1ccc(N2c3cc(C4CCCCC4)cc4c3B(c3cc5c(cc3N4c3ccc(C(C)(C)C)cc3-c3ccccc3)C(C)(C)CCC5(C)C)c3oc4cc5c(cc4c32)C(C)(C)CCC5(C)C)cc1. The summed E-state index contributed by atoms with van der Waals surface area (Å²) in [5.74, 6) is 0.491. The average Bonchev–Trinajstić information content (AvgIpc) is 3.72. The van der Waals surface area contributed by atoms with Crippen molar-refractivity contribution in [3.8, 4) is 11.1 Å². The highest BCUT2D eigenvalue weighted by Crippen LogP contribution is 2.55. The van der Waals surface area contributed by atoms with Crippen LogP contribution in [0.2, 0.25) is 0 Å². The van der Waals surface area contributed by atoms with Crippen molar-refractivity contribution in [2.45, 2.75) is 193 Å². The van der Waals surface area contributed by atoms with Gasteiger partial charge in [0.05, 0.1) is 17.0 Å². The monoisotopic (exact) mass is 951 g/mol. The van der Waals surface area contributed by atoms with Gasteiger partial charge in [-0.2, -0.15) is 0 Å². The van der Waals surface area contributed by atoms with Crippen LogP contribution in [0.4, 0.5) is 34.1 Å². The molecule has 3 nitrogen and oxygen atoms in total. The number of hydrogen-bond acceptors (Lipinski definition) is 3. The van der Waals surface area contributed by atoms with Crippen molar-refractivity contribution in [3.05, 3.63) is 148 Å². The molecule has 3 heterocycles. The van der Waals surface area contributed by atoms with Crippen LogP contribution in [0, 0.1) is 0 Å². The fourth-order valence-corrected chi connectivity index (χ4v) is 14.0. The van der Waals surface area contributed by atoms with E-state index in [4.69, 9.17) is 4.42 Å². The molecule has 0 saturated heterocycles. The van der Waals surface area contributed by atoms with Gasteiger partial charge in [0.2, 0.25) is 0 Å². The maximum absolute atomic E-state index is 7.76. The van der Waals surface area contributed by atoms with Crippen molar-refractivity contribution < 1.29 is 4.42 Å². The second kappa shape index (κ2) is 16.0. The number of benzene rings is 6. The van der Waals surface area contributed by atoms with Crippen LogP contribution in [0.1, 0.15) is 200 Å².